The van der Waals surface area contributed by atoms with E-state index in [0.29, 0.717) is 55.3 Å². The molecular weight excluding hydrogens is 376 g/mol. The minimum absolute atomic E-state index is 0.196. The van der Waals surface area contributed by atoms with E-state index in [1.165, 1.54) is 18.5 Å². The minimum Gasteiger partial charge on any atom is -0.454 e. The summed E-state index contributed by atoms with van der Waals surface area (Å²) in [6.07, 6.45) is 3.66. The number of piperazine rings is 1. The number of hydrogen-bond acceptors (Lipinski definition) is 6. The van der Waals surface area contributed by atoms with Crippen LogP contribution in [0.25, 0.3) is 0 Å². The van der Waals surface area contributed by atoms with Crippen LogP contribution in [0.1, 0.15) is 26.3 Å². The molecule has 3 heterocycles. The summed E-state index contributed by atoms with van der Waals surface area (Å²) in [5.41, 5.74) is 1.53. The number of aromatic nitrogens is 1. The third kappa shape index (κ3) is 4.13. The van der Waals surface area contributed by atoms with Gasteiger partial charge >= 0.3 is 0 Å². The first-order valence-corrected chi connectivity index (χ1v) is 9.24. The topological polar surface area (TPSA) is 101 Å². The second kappa shape index (κ2) is 8.17. The number of ether oxygens (including phenoxy) is 2. The Kier molecular flexibility index (Phi) is 5.28. The van der Waals surface area contributed by atoms with Crippen molar-refractivity contribution >= 4 is 18.2 Å². The van der Waals surface area contributed by atoms with Gasteiger partial charge in [-0.2, -0.15) is 0 Å². The van der Waals surface area contributed by atoms with Gasteiger partial charge in [-0.15, -0.1) is 0 Å². The molecule has 1 aromatic heterocycles. The Bertz CT molecular complexity index is 940. The van der Waals surface area contributed by atoms with Gasteiger partial charge in [0.05, 0.1) is 11.1 Å². The van der Waals surface area contributed by atoms with Crippen LogP contribution in [0.15, 0.2) is 36.7 Å². The van der Waals surface area contributed by atoms with Crippen LogP contribution in [-0.4, -0.2) is 66.0 Å². The van der Waals surface area contributed by atoms with Crippen LogP contribution in [0.5, 0.6) is 11.5 Å². The van der Waals surface area contributed by atoms with E-state index in [0.717, 1.165) is 12.0 Å². The summed E-state index contributed by atoms with van der Waals surface area (Å²) < 4.78 is 10.6. The second-order valence-electron chi connectivity index (χ2n) is 6.77. The molecule has 0 bridgehead atoms. The van der Waals surface area contributed by atoms with Gasteiger partial charge in [-0.05, 0) is 23.8 Å². The normalized spacial score (nSPS) is 15.2. The van der Waals surface area contributed by atoms with Crippen LogP contribution in [0.2, 0.25) is 0 Å². The van der Waals surface area contributed by atoms with Crippen LogP contribution < -0.4 is 14.8 Å². The molecule has 1 saturated heterocycles. The number of carbonyl (C=O) groups is 3. The largest absolute Gasteiger partial charge is 0.454 e. The Labute approximate surface area is 167 Å². The Hall–Kier alpha value is -3.62. The lowest BCUT2D eigenvalue weighted by atomic mass is 10.1. The molecule has 9 nitrogen and oxygen atoms in total. The summed E-state index contributed by atoms with van der Waals surface area (Å²) in [6, 6.07) is 7.01. The smallest absolute Gasteiger partial charge is 0.255 e. The summed E-state index contributed by atoms with van der Waals surface area (Å²) in [5.74, 6) is 0.814. The molecule has 0 saturated carbocycles. The van der Waals surface area contributed by atoms with Crippen molar-refractivity contribution in [2.75, 3.05) is 33.0 Å². The molecule has 0 radical (unpaired) electrons. The number of pyridine rings is 1. The fourth-order valence-corrected chi connectivity index (χ4v) is 3.23. The zero-order valence-electron chi connectivity index (χ0n) is 15.7. The highest BCUT2D eigenvalue weighted by atomic mass is 16.7. The van der Waals surface area contributed by atoms with E-state index >= 15 is 0 Å². The lowest BCUT2D eigenvalue weighted by Gasteiger charge is -2.32. The first kappa shape index (κ1) is 18.7. The molecule has 1 aromatic carbocycles. The monoisotopic (exact) mass is 396 g/mol. The van der Waals surface area contributed by atoms with Gasteiger partial charge in [0.25, 0.3) is 11.8 Å². The maximum Gasteiger partial charge on any atom is 0.255 e. The average molecular weight is 396 g/mol. The molecule has 150 valence electrons. The van der Waals surface area contributed by atoms with Crippen molar-refractivity contribution in [1.82, 2.24) is 20.1 Å². The molecule has 1 N–H and O–H groups in total. The molecule has 4 rings (SSSR count). The Morgan fingerprint density at radius 3 is 2.59 bits per heavy atom. The molecule has 3 amide bonds. The standard InChI is InChI=1S/C20H20N4O5/c25-12-23-3-5-24(6-4-23)20(27)16-8-15(10-21-11-16)19(26)22-9-14-1-2-17-18(7-14)29-13-28-17/h1-2,7-8,10-12H,3-6,9,13H2,(H,22,26). The number of amides is 3. The number of carbonyl (C=O) groups excluding carboxylic acids is 3. The van der Waals surface area contributed by atoms with Crippen LogP contribution in [0.4, 0.5) is 0 Å². The highest BCUT2D eigenvalue weighted by Crippen LogP contribution is 2.32. The van der Waals surface area contributed by atoms with Gasteiger partial charge in [0.15, 0.2) is 11.5 Å². The molecular formula is C20H20N4O5. The predicted molar refractivity (Wildman–Crippen MR) is 102 cm³/mol. The SMILES string of the molecule is O=CN1CCN(C(=O)c2cncc(C(=O)NCc3ccc4c(c3)OCO4)c2)CC1. The van der Waals surface area contributed by atoms with E-state index in [1.807, 2.05) is 12.1 Å². The predicted octanol–water partition coefficient (Wildman–Crippen LogP) is 0.654. The molecule has 9 heteroatoms. The van der Waals surface area contributed by atoms with E-state index in [4.69, 9.17) is 9.47 Å². The maximum absolute atomic E-state index is 12.7. The quantitative estimate of drug-likeness (QED) is 0.745. The summed E-state index contributed by atoms with van der Waals surface area (Å²) in [6.45, 7) is 2.41. The van der Waals surface area contributed by atoms with Gasteiger partial charge in [0, 0.05) is 45.1 Å². The van der Waals surface area contributed by atoms with Crippen molar-refractivity contribution in [3.05, 3.63) is 53.3 Å². The molecule has 1 fully saturated rings. The van der Waals surface area contributed by atoms with Crippen LogP contribution >= 0.6 is 0 Å². The zero-order chi connectivity index (χ0) is 20.2. The number of nitrogens with one attached hydrogen (secondary N) is 1. The Morgan fingerprint density at radius 1 is 1.03 bits per heavy atom. The number of fused-ring (bicyclic) bond motifs is 1. The molecule has 0 spiro atoms. The van der Waals surface area contributed by atoms with Crippen LogP contribution in [-0.2, 0) is 11.3 Å². The molecule has 2 aliphatic heterocycles. The summed E-state index contributed by atoms with van der Waals surface area (Å²) in [4.78, 5) is 43.3. The van der Waals surface area contributed by atoms with E-state index < -0.39 is 0 Å². The molecule has 29 heavy (non-hydrogen) atoms. The second-order valence-corrected chi connectivity index (χ2v) is 6.77. The lowest BCUT2D eigenvalue weighted by molar-refractivity contribution is -0.119. The molecule has 2 aromatic rings. The Morgan fingerprint density at radius 2 is 1.79 bits per heavy atom. The fraction of sp³-hybridized carbons (Fsp3) is 0.300. The molecule has 2 aliphatic rings. The zero-order valence-corrected chi connectivity index (χ0v) is 15.7. The van der Waals surface area contributed by atoms with E-state index in [-0.39, 0.29) is 18.6 Å². The molecule has 0 unspecified atom stereocenters. The van der Waals surface area contributed by atoms with Crippen molar-refractivity contribution in [2.45, 2.75) is 6.54 Å². The highest BCUT2D eigenvalue weighted by molar-refractivity contribution is 5.99. The first-order valence-electron chi connectivity index (χ1n) is 9.24. The van der Waals surface area contributed by atoms with E-state index in [2.05, 4.69) is 10.3 Å². The van der Waals surface area contributed by atoms with Gasteiger partial charge < -0.3 is 24.6 Å². The lowest BCUT2D eigenvalue weighted by Crippen LogP contribution is -2.48. The van der Waals surface area contributed by atoms with Crippen molar-refractivity contribution in [2.24, 2.45) is 0 Å². The fourth-order valence-electron chi connectivity index (χ4n) is 3.23. The van der Waals surface area contributed by atoms with Gasteiger partial charge in [0.2, 0.25) is 13.2 Å². The minimum atomic E-state index is -0.324. The summed E-state index contributed by atoms with van der Waals surface area (Å²) >= 11 is 0. The van der Waals surface area contributed by atoms with Gasteiger partial charge in [0.1, 0.15) is 0 Å². The van der Waals surface area contributed by atoms with Gasteiger partial charge in [-0.1, -0.05) is 6.07 Å². The number of rotatable bonds is 5. The summed E-state index contributed by atoms with van der Waals surface area (Å²) in [7, 11) is 0. The summed E-state index contributed by atoms with van der Waals surface area (Å²) in [5, 5.41) is 2.82. The van der Waals surface area contributed by atoms with Gasteiger partial charge in [-0.25, -0.2) is 0 Å². The van der Waals surface area contributed by atoms with Crippen molar-refractivity contribution < 1.29 is 23.9 Å². The molecule has 0 atom stereocenters. The van der Waals surface area contributed by atoms with Crippen molar-refractivity contribution in [1.29, 1.82) is 0 Å². The Balaban J connectivity index is 1.38. The number of hydrogen-bond donors (Lipinski definition) is 1. The van der Waals surface area contributed by atoms with Crippen LogP contribution in [0.3, 0.4) is 0 Å². The average Bonchev–Trinajstić information content (AvgIpc) is 3.25. The number of benzene rings is 1. The van der Waals surface area contributed by atoms with Gasteiger partial charge in [-0.3, -0.25) is 19.4 Å². The highest BCUT2D eigenvalue weighted by Gasteiger charge is 2.22. The van der Waals surface area contributed by atoms with E-state index in [9.17, 15) is 14.4 Å². The molecule has 0 aliphatic carbocycles. The maximum atomic E-state index is 12.7. The van der Waals surface area contributed by atoms with Crippen molar-refractivity contribution in [3.8, 4) is 11.5 Å². The van der Waals surface area contributed by atoms with Crippen LogP contribution in [0, 0.1) is 0 Å². The third-order valence-corrected chi connectivity index (χ3v) is 4.89. The first-order chi connectivity index (χ1) is 14.1. The number of nitrogens with zero attached hydrogens (tertiary/aromatic N) is 3. The van der Waals surface area contributed by atoms with E-state index in [1.54, 1.807) is 15.9 Å². The third-order valence-electron chi connectivity index (χ3n) is 4.89. The van der Waals surface area contributed by atoms with Crippen molar-refractivity contribution in [3.63, 3.8) is 0 Å².